The van der Waals surface area contributed by atoms with Crippen LogP contribution in [0, 0.1) is 3.57 Å². The zero-order valence-corrected chi connectivity index (χ0v) is 14.3. The van der Waals surface area contributed by atoms with Crippen LogP contribution in [0.15, 0.2) is 18.5 Å². The molecule has 1 aliphatic rings. The number of carbonyl (C=O) groups excluding carboxylic acids is 1. The molecule has 3 aromatic rings. The number of aromatic amines is 1. The summed E-state index contributed by atoms with van der Waals surface area (Å²) in [7, 11) is 1.74. The lowest BCUT2D eigenvalue weighted by atomic mass is 10.1. The van der Waals surface area contributed by atoms with Gasteiger partial charge in [-0.25, -0.2) is 9.97 Å². The summed E-state index contributed by atoms with van der Waals surface area (Å²) >= 11 is 2.18. The van der Waals surface area contributed by atoms with Crippen LogP contribution in [0.1, 0.15) is 16.1 Å². The summed E-state index contributed by atoms with van der Waals surface area (Å²) in [5, 5.41) is 11.1. The van der Waals surface area contributed by atoms with Crippen LogP contribution in [-0.4, -0.2) is 42.4 Å². The Kier molecular flexibility index (Phi) is 3.36. The normalized spacial score (nSPS) is 13.7. The Labute approximate surface area is 144 Å². The van der Waals surface area contributed by atoms with E-state index in [4.69, 9.17) is 0 Å². The molecule has 4 heterocycles. The van der Waals surface area contributed by atoms with E-state index in [1.54, 1.807) is 19.4 Å². The summed E-state index contributed by atoms with van der Waals surface area (Å²) in [4.78, 5) is 25.7. The number of hydrogen-bond acceptors (Lipinski definition) is 5. The Bertz CT molecular complexity index is 914. The van der Waals surface area contributed by atoms with Gasteiger partial charge in [-0.15, -0.1) is 0 Å². The number of carbonyl (C=O) groups is 1. The van der Waals surface area contributed by atoms with E-state index in [9.17, 15) is 4.79 Å². The number of fused-ring (bicyclic) bond motifs is 1. The molecule has 4 rings (SSSR count). The second-order valence-electron chi connectivity index (χ2n) is 5.16. The van der Waals surface area contributed by atoms with Gasteiger partial charge in [0, 0.05) is 31.9 Å². The Morgan fingerprint density at radius 3 is 2.96 bits per heavy atom. The van der Waals surface area contributed by atoms with E-state index in [0.29, 0.717) is 23.6 Å². The first kappa shape index (κ1) is 14.3. The number of rotatable bonds is 2. The highest BCUT2D eigenvalue weighted by Crippen LogP contribution is 2.30. The number of aryl methyl sites for hydroxylation is 1. The zero-order valence-electron chi connectivity index (χ0n) is 12.2. The predicted octanol–water partition coefficient (Wildman–Crippen LogP) is 1.16. The van der Waals surface area contributed by atoms with Gasteiger partial charge >= 0.3 is 0 Å². The molecule has 0 atom stereocenters. The van der Waals surface area contributed by atoms with Crippen LogP contribution < -0.4 is 5.32 Å². The molecule has 23 heavy (non-hydrogen) atoms. The van der Waals surface area contributed by atoms with E-state index >= 15 is 0 Å². The Hall–Kier alpha value is -2.30. The quantitative estimate of drug-likeness (QED) is 0.605. The van der Waals surface area contributed by atoms with Gasteiger partial charge in [0.25, 0.3) is 5.91 Å². The highest BCUT2D eigenvalue weighted by Gasteiger charge is 2.25. The molecule has 0 saturated carbocycles. The smallest absolute Gasteiger partial charge is 0.254 e. The average Bonchev–Trinajstić information content (AvgIpc) is 3.12. The number of hydrogen-bond donors (Lipinski definition) is 2. The largest absolute Gasteiger partial charge is 0.356 e. The van der Waals surface area contributed by atoms with Crippen molar-refractivity contribution in [1.29, 1.82) is 0 Å². The van der Waals surface area contributed by atoms with Crippen molar-refractivity contribution >= 4 is 28.5 Å². The molecule has 1 aliphatic heterocycles. The average molecular weight is 421 g/mol. The monoisotopic (exact) mass is 421 g/mol. The highest BCUT2D eigenvalue weighted by atomic mass is 127. The number of nitrogens with zero attached hydrogens (tertiary/aromatic N) is 5. The fourth-order valence-corrected chi connectivity index (χ4v) is 3.57. The molecule has 9 heteroatoms. The van der Waals surface area contributed by atoms with Crippen LogP contribution in [0.3, 0.4) is 0 Å². The molecule has 8 nitrogen and oxygen atoms in total. The van der Waals surface area contributed by atoms with Crippen molar-refractivity contribution in [2.24, 2.45) is 7.05 Å². The molecule has 1 amide bonds. The summed E-state index contributed by atoms with van der Waals surface area (Å²) < 4.78 is 0.874. The first-order valence-corrected chi connectivity index (χ1v) is 8.10. The first-order chi connectivity index (χ1) is 11.1. The van der Waals surface area contributed by atoms with E-state index in [1.807, 2.05) is 6.07 Å². The third-order valence-corrected chi connectivity index (χ3v) is 4.72. The molecule has 3 aromatic heterocycles. The summed E-state index contributed by atoms with van der Waals surface area (Å²) in [6.07, 6.45) is 4.10. The third kappa shape index (κ3) is 2.40. The molecule has 0 saturated heterocycles. The summed E-state index contributed by atoms with van der Waals surface area (Å²) in [6, 6.07) is 1.82. The summed E-state index contributed by atoms with van der Waals surface area (Å²) in [5.41, 5.74) is 3.84. The van der Waals surface area contributed by atoms with Crippen LogP contribution in [0.5, 0.6) is 0 Å². The Balaban J connectivity index is 1.81. The van der Waals surface area contributed by atoms with Crippen LogP contribution in [0.2, 0.25) is 0 Å². The minimum absolute atomic E-state index is 0.0404. The van der Waals surface area contributed by atoms with Crippen LogP contribution in [-0.2, 0) is 13.5 Å². The lowest BCUT2D eigenvalue weighted by Crippen LogP contribution is -2.31. The van der Waals surface area contributed by atoms with Crippen LogP contribution in [0.4, 0.5) is 0 Å². The van der Waals surface area contributed by atoms with Gasteiger partial charge in [0.1, 0.15) is 5.69 Å². The third-order valence-electron chi connectivity index (χ3n) is 3.64. The molecule has 116 valence electrons. The molecular weight excluding hydrogens is 409 g/mol. The van der Waals surface area contributed by atoms with Gasteiger partial charge in [0.2, 0.25) is 0 Å². The maximum atomic E-state index is 12.1. The van der Waals surface area contributed by atoms with Crippen molar-refractivity contribution in [3.05, 3.63) is 33.3 Å². The number of H-pyrrole nitrogens is 1. The molecule has 0 fully saturated rings. The SMILES string of the molecule is Cn1ncc(-c2nccc(-c3[nH]c4c(c3I)C(=O)NCC4)n2)n1. The van der Waals surface area contributed by atoms with Crippen molar-refractivity contribution < 1.29 is 4.79 Å². The van der Waals surface area contributed by atoms with E-state index in [1.165, 1.54) is 4.80 Å². The molecule has 0 unspecified atom stereocenters. The van der Waals surface area contributed by atoms with E-state index in [0.717, 1.165) is 27.1 Å². The van der Waals surface area contributed by atoms with E-state index in [2.05, 4.69) is 53.1 Å². The molecule has 0 spiro atoms. The molecular formula is C14H12IN7O. The van der Waals surface area contributed by atoms with Gasteiger partial charge in [0.05, 0.1) is 26.7 Å². The molecule has 0 aliphatic carbocycles. The van der Waals surface area contributed by atoms with Gasteiger partial charge in [-0.2, -0.15) is 15.0 Å². The predicted molar refractivity (Wildman–Crippen MR) is 90.6 cm³/mol. The topological polar surface area (TPSA) is 101 Å². The minimum atomic E-state index is -0.0404. The fraction of sp³-hybridized carbons (Fsp3) is 0.214. The lowest BCUT2D eigenvalue weighted by Gasteiger charge is -2.11. The first-order valence-electron chi connectivity index (χ1n) is 7.02. The van der Waals surface area contributed by atoms with Crippen molar-refractivity contribution in [3.63, 3.8) is 0 Å². The second kappa shape index (κ2) is 5.41. The summed E-state index contributed by atoms with van der Waals surface area (Å²) in [6.45, 7) is 0.649. The van der Waals surface area contributed by atoms with Gasteiger partial charge in [-0.1, -0.05) is 0 Å². The maximum absolute atomic E-state index is 12.1. The highest BCUT2D eigenvalue weighted by molar-refractivity contribution is 14.1. The zero-order chi connectivity index (χ0) is 16.0. The van der Waals surface area contributed by atoms with Crippen molar-refractivity contribution in [3.8, 4) is 22.9 Å². The van der Waals surface area contributed by atoms with Crippen molar-refractivity contribution in [2.75, 3.05) is 6.54 Å². The van der Waals surface area contributed by atoms with Crippen molar-refractivity contribution in [1.82, 2.24) is 35.3 Å². The van der Waals surface area contributed by atoms with E-state index < -0.39 is 0 Å². The Morgan fingerprint density at radius 2 is 2.22 bits per heavy atom. The fourth-order valence-electron chi connectivity index (χ4n) is 2.59. The van der Waals surface area contributed by atoms with Crippen LogP contribution >= 0.6 is 22.6 Å². The van der Waals surface area contributed by atoms with Gasteiger partial charge < -0.3 is 10.3 Å². The standard InChI is InChI=1S/C14H12IN7O/c1-22-18-6-9(21-22)13-16-4-3-8(20-13)12-11(15)10-7(19-12)2-5-17-14(10)23/h3-4,6,19H,2,5H2,1H3,(H,17,23). The number of halogens is 1. The molecule has 0 bridgehead atoms. The number of aromatic nitrogens is 6. The number of amides is 1. The lowest BCUT2D eigenvalue weighted by molar-refractivity contribution is 0.0945. The van der Waals surface area contributed by atoms with Crippen LogP contribution in [0.25, 0.3) is 22.9 Å². The molecule has 2 N–H and O–H groups in total. The van der Waals surface area contributed by atoms with Gasteiger partial charge in [-0.05, 0) is 28.7 Å². The molecule has 0 aromatic carbocycles. The summed E-state index contributed by atoms with van der Waals surface area (Å²) in [5.74, 6) is 0.463. The van der Waals surface area contributed by atoms with Gasteiger partial charge in [0.15, 0.2) is 5.82 Å². The van der Waals surface area contributed by atoms with Gasteiger partial charge in [-0.3, -0.25) is 4.79 Å². The minimum Gasteiger partial charge on any atom is -0.356 e. The molecule has 0 radical (unpaired) electrons. The second-order valence-corrected chi connectivity index (χ2v) is 6.24. The number of nitrogens with one attached hydrogen (secondary N) is 2. The maximum Gasteiger partial charge on any atom is 0.254 e. The Morgan fingerprint density at radius 1 is 1.35 bits per heavy atom. The van der Waals surface area contributed by atoms with E-state index in [-0.39, 0.29) is 5.91 Å². The van der Waals surface area contributed by atoms with Crippen molar-refractivity contribution in [2.45, 2.75) is 6.42 Å².